The Morgan fingerprint density at radius 3 is 1.59 bits per heavy atom. The van der Waals surface area contributed by atoms with E-state index in [1.54, 1.807) is 12.4 Å². The van der Waals surface area contributed by atoms with Crippen molar-refractivity contribution >= 4 is 21.9 Å². The SMILES string of the molecule is Cc1ccc2cc(-c3cc[n+](C)cc3)oc2c1.Cc1ccc2cc(-c3ccncc3)oc2c1.[I-]. The van der Waals surface area contributed by atoms with E-state index in [1.165, 1.54) is 11.1 Å². The van der Waals surface area contributed by atoms with Crippen LogP contribution >= 0.6 is 0 Å². The number of halogens is 1. The van der Waals surface area contributed by atoms with Gasteiger partial charge < -0.3 is 32.8 Å². The Bertz CT molecular complexity index is 1530. The first-order valence-corrected chi connectivity index (χ1v) is 10.9. The molecule has 0 atom stereocenters. The van der Waals surface area contributed by atoms with Crippen LogP contribution in [-0.4, -0.2) is 4.98 Å². The van der Waals surface area contributed by atoms with Crippen LogP contribution in [0.25, 0.3) is 44.6 Å². The minimum atomic E-state index is 0. The topological polar surface area (TPSA) is 43.0 Å². The van der Waals surface area contributed by atoms with Gasteiger partial charge in [0.2, 0.25) is 0 Å². The second-order valence-electron chi connectivity index (χ2n) is 8.29. The number of aryl methyl sites for hydroxylation is 3. The van der Waals surface area contributed by atoms with Crippen molar-refractivity contribution in [3.05, 3.63) is 109 Å². The summed E-state index contributed by atoms with van der Waals surface area (Å²) in [5.41, 5.74) is 6.49. The lowest BCUT2D eigenvalue weighted by Gasteiger charge is -1.93. The Labute approximate surface area is 215 Å². The third-order valence-corrected chi connectivity index (χ3v) is 5.58. The molecule has 0 saturated carbocycles. The molecule has 4 nitrogen and oxygen atoms in total. The highest BCUT2D eigenvalue weighted by atomic mass is 127. The summed E-state index contributed by atoms with van der Waals surface area (Å²) < 4.78 is 13.7. The zero-order chi connectivity index (χ0) is 22.8. The third-order valence-electron chi connectivity index (χ3n) is 5.58. The maximum absolute atomic E-state index is 5.87. The van der Waals surface area contributed by atoms with Crippen LogP contribution in [0.3, 0.4) is 0 Å². The fourth-order valence-corrected chi connectivity index (χ4v) is 3.74. The highest BCUT2D eigenvalue weighted by molar-refractivity contribution is 5.84. The molecule has 0 N–H and O–H groups in total. The Morgan fingerprint density at radius 1 is 0.618 bits per heavy atom. The van der Waals surface area contributed by atoms with Crippen molar-refractivity contribution in [2.24, 2.45) is 7.05 Å². The summed E-state index contributed by atoms with van der Waals surface area (Å²) in [6.45, 7) is 4.14. The number of pyridine rings is 2. The maximum Gasteiger partial charge on any atom is 0.169 e. The predicted octanol–water partition coefficient (Wildman–Crippen LogP) is 4.04. The Balaban J connectivity index is 0.000000157. The van der Waals surface area contributed by atoms with E-state index in [4.69, 9.17) is 8.83 Å². The van der Waals surface area contributed by atoms with Crippen molar-refractivity contribution < 1.29 is 37.4 Å². The van der Waals surface area contributed by atoms with Gasteiger partial charge in [0.05, 0.1) is 0 Å². The number of furan rings is 2. The third kappa shape index (κ3) is 5.20. The smallest absolute Gasteiger partial charge is 0.169 e. The van der Waals surface area contributed by atoms with Crippen LogP contribution in [0.2, 0.25) is 0 Å². The van der Waals surface area contributed by atoms with E-state index in [1.807, 2.05) is 36.1 Å². The second kappa shape index (κ2) is 10.2. The van der Waals surface area contributed by atoms with Gasteiger partial charge in [-0.05, 0) is 61.4 Å². The number of nitrogens with zero attached hydrogens (tertiary/aromatic N) is 2. The molecule has 4 aromatic heterocycles. The first-order chi connectivity index (χ1) is 16.0. The van der Waals surface area contributed by atoms with E-state index < -0.39 is 0 Å². The van der Waals surface area contributed by atoms with Gasteiger partial charge in [0.25, 0.3) is 0 Å². The summed E-state index contributed by atoms with van der Waals surface area (Å²) in [6, 6.07) is 24.7. The van der Waals surface area contributed by atoms with Gasteiger partial charge in [-0.3, -0.25) is 4.98 Å². The second-order valence-corrected chi connectivity index (χ2v) is 8.29. The molecule has 0 unspecified atom stereocenters. The maximum atomic E-state index is 5.87. The summed E-state index contributed by atoms with van der Waals surface area (Å²) in [6.07, 6.45) is 7.59. The van der Waals surface area contributed by atoms with Crippen LogP contribution in [0.5, 0.6) is 0 Å². The normalized spacial score (nSPS) is 10.6. The van der Waals surface area contributed by atoms with Crippen molar-refractivity contribution in [1.29, 1.82) is 0 Å². The molecule has 170 valence electrons. The molecule has 4 heterocycles. The van der Waals surface area contributed by atoms with Crippen molar-refractivity contribution in [2.45, 2.75) is 13.8 Å². The molecule has 0 saturated heterocycles. The lowest BCUT2D eigenvalue weighted by Crippen LogP contribution is -3.00. The van der Waals surface area contributed by atoms with E-state index in [-0.39, 0.29) is 24.0 Å². The Kier molecular flexibility index (Phi) is 7.12. The van der Waals surface area contributed by atoms with Crippen LogP contribution in [-0.2, 0) is 7.05 Å². The number of fused-ring (bicyclic) bond motifs is 2. The molecular formula is C29H25IN2O2. The molecule has 2 aromatic carbocycles. The van der Waals surface area contributed by atoms with Crippen LogP contribution in [0, 0.1) is 13.8 Å². The lowest BCUT2D eigenvalue weighted by atomic mass is 10.1. The van der Waals surface area contributed by atoms with Crippen molar-refractivity contribution in [3.63, 3.8) is 0 Å². The molecule has 0 bridgehead atoms. The van der Waals surface area contributed by atoms with Gasteiger partial charge in [-0.1, -0.05) is 24.3 Å². The summed E-state index contributed by atoms with van der Waals surface area (Å²) in [5.74, 6) is 1.81. The molecule has 6 aromatic rings. The van der Waals surface area contributed by atoms with Gasteiger partial charge in [-0.15, -0.1) is 0 Å². The number of hydrogen-bond acceptors (Lipinski definition) is 3. The zero-order valence-corrected chi connectivity index (χ0v) is 21.5. The lowest BCUT2D eigenvalue weighted by molar-refractivity contribution is -0.671. The average molecular weight is 560 g/mol. The van der Waals surface area contributed by atoms with Crippen LogP contribution in [0.4, 0.5) is 0 Å². The quantitative estimate of drug-likeness (QED) is 0.237. The number of hydrogen-bond donors (Lipinski definition) is 0. The number of rotatable bonds is 2. The van der Waals surface area contributed by atoms with E-state index in [0.717, 1.165) is 44.6 Å². The molecule has 0 radical (unpaired) electrons. The zero-order valence-electron chi connectivity index (χ0n) is 19.3. The van der Waals surface area contributed by atoms with Gasteiger partial charge in [0.15, 0.2) is 12.4 Å². The summed E-state index contributed by atoms with van der Waals surface area (Å²) in [7, 11) is 2.01. The van der Waals surface area contributed by atoms with E-state index >= 15 is 0 Å². The molecular weight excluding hydrogens is 535 g/mol. The summed E-state index contributed by atoms with van der Waals surface area (Å²) >= 11 is 0. The van der Waals surface area contributed by atoms with Crippen molar-refractivity contribution in [3.8, 4) is 22.6 Å². The van der Waals surface area contributed by atoms with Crippen LogP contribution in [0.1, 0.15) is 11.1 Å². The molecule has 0 aliphatic rings. The fraction of sp³-hybridized carbons (Fsp3) is 0.103. The van der Waals surface area contributed by atoms with E-state index in [9.17, 15) is 0 Å². The predicted molar refractivity (Wildman–Crippen MR) is 132 cm³/mol. The molecule has 0 aliphatic carbocycles. The molecule has 0 fully saturated rings. The van der Waals surface area contributed by atoms with Gasteiger partial charge in [-0.25, -0.2) is 4.57 Å². The van der Waals surface area contributed by atoms with Gasteiger partial charge in [-0.2, -0.15) is 0 Å². The highest BCUT2D eigenvalue weighted by Crippen LogP contribution is 2.28. The van der Waals surface area contributed by atoms with Crippen molar-refractivity contribution in [2.75, 3.05) is 0 Å². The average Bonchev–Trinajstić information content (AvgIpc) is 3.44. The molecule has 0 amide bonds. The molecule has 6 rings (SSSR count). The van der Waals surface area contributed by atoms with Crippen LogP contribution < -0.4 is 28.5 Å². The van der Waals surface area contributed by atoms with Gasteiger partial charge in [0, 0.05) is 46.4 Å². The molecule has 34 heavy (non-hydrogen) atoms. The Hall–Kier alpha value is -3.45. The molecule has 0 aliphatic heterocycles. The number of benzene rings is 2. The highest BCUT2D eigenvalue weighted by Gasteiger charge is 2.07. The minimum Gasteiger partial charge on any atom is -1.00 e. The monoisotopic (exact) mass is 560 g/mol. The van der Waals surface area contributed by atoms with Crippen molar-refractivity contribution in [1.82, 2.24) is 4.98 Å². The van der Waals surface area contributed by atoms with E-state index in [2.05, 4.69) is 79.5 Å². The first-order valence-electron chi connectivity index (χ1n) is 10.9. The first kappa shape index (κ1) is 23.7. The van der Waals surface area contributed by atoms with E-state index in [0.29, 0.717) is 0 Å². The largest absolute Gasteiger partial charge is 1.00 e. The number of aromatic nitrogens is 2. The van der Waals surface area contributed by atoms with Gasteiger partial charge in [0.1, 0.15) is 29.7 Å². The Morgan fingerprint density at radius 2 is 1.09 bits per heavy atom. The molecule has 5 heteroatoms. The summed E-state index contributed by atoms with van der Waals surface area (Å²) in [4.78, 5) is 4.00. The van der Waals surface area contributed by atoms with Gasteiger partial charge >= 0.3 is 0 Å². The molecule has 0 spiro atoms. The summed E-state index contributed by atoms with van der Waals surface area (Å²) in [5, 5.41) is 2.29. The standard InChI is InChI=1S/C15H14NO.C14H11NO.HI/c1-11-3-4-13-10-15(17-14(13)9-11)12-5-7-16(2)8-6-12;1-10-2-3-12-9-14(16-13(12)8-10)11-4-6-15-7-5-11;/h3-10H,1-2H3;2-9H,1H3;1H/q+1;;/p-1. The minimum absolute atomic E-state index is 0. The van der Waals surface area contributed by atoms with Crippen LogP contribution in [0.15, 0.2) is 106 Å². The fourth-order valence-electron chi connectivity index (χ4n) is 3.74.